The van der Waals surface area contributed by atoms with Gasteiger partial charge in [-0.15, -0.1) is 0 Å². The Labute approximate surface area is 129 Å². The molecule has 1 heterocycles. The lowest BCUT2D eigenvalue weighted by Crippen LogP contribution is -2.42. The van der Waals surface area contributed by atoms with Gasteiger partial charge in [-0.05, 0) is 24.9 Å². The van der Waals surface area contributed by atoms with Gasteiger partial charge in [0.2, 0.25) is 0 Å². The summed E-state index contributed by atoms with van der Waals surface area (Å²) in [5.74, 6) is 1.54. The van der Waals surface area contributed by atoms with Gasteiger partial charge in [0.05, 0.1) is 6.61 Å². The normalized spacial score (nSPS) is 12.7. The average molecular weight is 317 g/mol. The molecule has 1 unspecified atom stereocenters. The predicted octanol–water partition coefficient (Wildman–Crippen LogP) is 2.51. The van der Waals surface area contributed by atoms with E-state index in [4.69, 9.17) is 4.74 Å². The summed E-state index contributed by atoms with van der Waals surface area (Å²) in [6.45, 7) is 8.33. The van der Waals surface area contributed by atoms with E-state index in [0.29, 0.717) is 6.61 Å². The SMILES string of the molecule is CCOC(=O)C(CCSc1nc(CC)ns1)NC(C)C. The number of rotatable bonds is 9. The van der Waals surface area contributed by atoms with E-state index in [-0.39, 0.29) is 18.1 Å². The maximum absolute atomic E-state index is 11.9. The molecule has 20 heavy (non-hydrogen) atoms. The summed E-state index contributed by atoms with van der Waals surface area (Å²) < 4.78 is 10.3. The van der Waals surface area contributed by atoms with Crippen LogP contribution >= 0.6 is 23.3 Å². The summed E-state index contributed by atoms with van der Waals surface area (Å²) in [4.78, 5) is 16.3. The monoisotopic (exact) mass is 317 g/mol. The van der Waals surface area contributed by atoms with Crippen LogP contribution in [-0.2, 0) is 16.0 Å². The van der Waals surface area contributed by atoms with Crippen molar-refractivity contribution >= 4 is 29.3 Å². The highest BCUT2D eigenvalue weighted by atomic mass is 32.2. The number of nitrogens with one attached hydrogen (secondary N) is 1. The first kappa shape index (κ1) is 17.4. The first-order valence-electron chi connectivity index (χ1n) is 6.94. The minimum Gasteiger partial charge on any atom is -0.465 e. The lowest BCUT2D eigenvalue weighted by atomic mass is 10.2. The molecule has 1 aromatic heterocycles. The molecular formula is C13H23N3O2S2. The van der Waals surface area contributed by atoms with Crippen LogP contribution < -0.4 is 5.32 Å². The van der Waals surface area contributed by atoms with E-state index in [1.54, 1.807) is 11.8 Å². The molecule has 1 N–H and O–H groups in total. The summed E-state index contributed by atoms with van der Waals surface area (Å²) in [5.41, 5.74) is 0. The van der Waals surface area contributed by atoms with Crippen molar-refractivity contribution in [2.24, 2.45) is 0 Å². The highest BCUT2D eigenvalue weighted by Crippen LogP contribution is 2.21. The highest BCUT2D eigenvalue weighted by Gasteiger charge is 2.20. The van der Waals surface area contributed by atoms with Gasteiger partial charge in [-0.25, -0.2) is 4.98 Å². The van der Waals surface area contributed by atoms with Crippen molar-refractivity contribution in [1.29, 1.82) is 0 Å². The van der Waals surface area contributed by atoms with Crippen molar-refractivity contribution in [2.75, 3.05) is 12.4 Å². The zero-order valence-electron chi connectivity index (χ0n) is 12.5. The molecule has 0 saturated heterocycles. The number of carbonyl (C=O) groups is 1. The van der Waals surface area contributed by atoms with Crippen LogP contribution in [0.25, 0.3) is 0 Å². The van der Waals surface area contributed by atoms with Gasteiger partial charge in [0, 0.05) is 18.2 Å². The van der Waals surface area contributed by atoms with Crippen LogP contribution in [0.2, 0.25) is 0 Å². The molecule has 1 rings (SSSR count). The first-order valence-corrected chi connectivity index (χ1v) is 8.70. The molecule has 0 aliphatic heterocycles. The Morgan fingerprint density at radius 3 is 2.75 bits per heavy atom. The third-order valence-corrected chi connectivity index (χ3v) is 4.41. The van der Waals surface area contributed by atoms with Crippen LogP contribution in [0.5, 0.6) is 0 Å². The Hall–Kier alpha value is -0.660. The molecule has 0 fully saturated rings. The molecule has 0 aromatic carbocycles. The van der Waals surface area contributed by atoms with E-state index in [2.05, 4.69) is 14.7 Å². The molecule has 0 saturated carbocycles. The minimum atomic E-state index is -0.249. The Bertz CT molecular complexity index is 410. The van der Waals surface area contributed by atoms with Crippen molar-refractivity contribution in [2.45, 2.75) is 57.0 Å². The van der Waals surface area contributed by atoms with Crippen LogP contribution in [0.1, 0.15) is 39.9 Å². The molecule has 1 atom stereocenters. The summed E-state index contributed by atoms with van der Waals surface area (Å²) >= 11 is 3.07. The highest BCUT2D eigenvalue weighted by molar-refractivity contribution is 8.00. The van der Waals surface area contributed by atoms with Crippen molar-refractivity contribution in [3.8, 4) is 0 Å². The minimum absolute atomic E-state index is 0.173. The van der Waals surface area contributed by atoms with Crippen LogP contribution in [0.15, 0.2) is 4.34 Å². The van der Waals surface area contributed by atoms with E-state index in [1.165, 1.54) is 11.5 Å². The predicted molar refractivity (Wildman–Crippen MR) is 83.3 cm³/mol. The van der Waals surface area contributed by atoms with E-state index >= 15 is 0 Å². The number of hydrogen-bond donors (Lipinski definition) is 1. The van der Waals surface area contributed by atoms with Gasteiger partial charge in [-0.3, -0.25) is 4.79 Å². The lowest BCUT2D eigenvalue weighted by Gasteiger charge is -2.19. The third-order valence-electron chi connectivity index (χ3n) is 2.50. The number of esters is 1. The molecule has 114 valence electrons. The molecule has 5 nitrogen and oxygen atoms in total. The molecule has 7 heteroatoms. The van der Waals surface area contributed by atoms with Crippen LogP contribution in [0.4, 0.5) is 0 Å². The Morgan fingerprint density at radius 2 is 2.20 bits per heavy atom. The molecule has 0 spiro atoms. The molecular weight excluding hydrogens is 294 g/mol. The van der Waals surface area contributed by atoms with E-state index in [0.717, 1.165) is 28.8 Å². The molecule has 0 amide bonds. The number of aryl methyl sites for hydroxylation is 1. The second-order valence-corrected chi connectivity index (χ2v) is 6.69. The number of aromatic nitrogens is 2. The van der Waals surface area contributed by atoms with Gasteiger partial charge in [0.25, 0.3) is 0 Å². The summed E-state index contributed by atoms with van der Waals surface area (Å²) in [6, 6.07) is 0.00338. The van der Waals surface area contributed by atoms with E-state index < -0.39 is 0 Å². The number of hydrogen-bond acceptors (Lipinski definition) is 7. The topological polar surface area (TPSA) is 64.1 Å². The van der Waals surface area contributed by atoms with Gasteiger partial charge >= 0.3 is 5.97 Å². The summed E-state index contributed by atoms with van der Waals surface area (Å²) in [7, 11) is 0. The average Bonchev–Trinajstić information content (AvgIpc) is 2.85. The second-order valence-electron chi connectivity index (χ2n) is 4.59. The van der Waals surface area contributed by atoms with Gasteiger partial charge in [0.15, 0.2) is 4.34 Å². The maximum Gasteiger partial charge on any atom is 0.323 e. The van der Waals surface area contributed by atoms with Gasteiger partial charge in [-0.2, -0.15) is 4.37 Å². The van der Waals surface area contributed by atoms with E-state index in [9.17, 15) is 4.79 Å². The summed E-state index contributed by atoms with van der Waals surface area (Å²) in [5, 5.41) is 3.25. The summed E-state index contributed by atoms with van der Waals surface area (Å²) in [6.07, 6.45) is 1.58. The van der Waals surface area contributed by atoms with Gasteiger partial charge < -0.3 is 10.1 Å². The van der Waals surface area contributed by atoms with Crippen molar-refractivity contribution in [3.05, 3.63) is 5.82 Å². The van der Waals surface area contributed by atoms with Crippen molar-refractivity contribution in [3.63, 3.8) is 0 Å². The van der Waals surface area contributed by atoms with Crippen LogP contribution in [0, 0.1) is 0 Å². The largest absolute Gasteiger partial charge is 0.465 e. The van der Waals surface area contributed by atoms with Gasteiger partial charge in [-0.1, -0.05) is 32.5 Å². The Balaban J connectivity index is 2.42. The molecule has 0 radical (unpaired) electrons. The molecule has 1 aromatic rings. The second kappa shape index (κ2) is 9.31. The van der Waals surface area contributed by atoms with Crippen LogP contribution in [-0.4, -0.2) is 39.8 Å². The smallest absolute Gasteiger partial charge is 0.323 e. The van der Waals surface area contributed by atoms with E-state index in [1.807, 2.05) is 27.7 Å². The maximum atomic E-state index is 11.9. The quantitative estimate of drug-likeness (QED) is 0.558. The third kappa shape index (κ3) is 6.19. The van der Waals surface area contributed by atoms with Crippen LogP contribution in [0.3, 0.4) is 0 Å². The number of carbonyl (C=O) groups excluding carboxylic acids is 1. The fourth-order valence-corrected chi connectivity index (χ4v) is 3.39. The Kier molecular flexibility index (Phi) is 8.09. The standard InChI is InChI=1S/C13H23N3O2S2/c1-5-11-15-13(20-16-11)19-8-7-10(14-9(3)4)12(17)18-6-2/h9-10,14H,5-8H2,1-4H3. The zero-order valence-corrected chi connectivity index (χ0v) is 14.1. The molecule has 0 aliphatic rings. The zero-order chi connectivity index (χ0) is 15.0. The number of ether oxygens (including phenoxy) is 1. The van der Waals surface area contributed by atoms with Crippen molar-refractivity contribution < 1.29 is 9.53 Å². The fourth-order valence-electron chi connectivity index (χ4n) is 1.62. The fraction of sp³-hybridized carbons (Fsp3) is 0.769. The number of nitrogens with zero attached hydrogens (tertiary/aromatic N) is 2. The van der Waals surface area contributed by atoms with Gasteiger partial charge in [0.1, 0.15) is 11.9 Å². The first-order chi connectivity index (χ1) is 9.56. The molecule has 0 aliphatic carbocycles. The lowest BCUT2D eigenvalue weighted by molar-refractivity contribution is -0.145. The van der Waals surface area contributed by atoms with Crippen molar-refractivity contribution in [1.82, 2.24) is 14.7 Å². The Morgan fingerprint density at radius 1 is 1.45 bits per heavy atom. The number of thioether (sulfide) groups is 1. The molecule has 0 bridgehead atoms.